The van der Waals surface area contributed by atoms with E-state index in [-0.39, 0.29) is 17.1 Å². The number of nitrogens with zero attached hydrogens (tertiary/aromatic N) is 6. The molecule has 1 amide bonds. The Hall–Kier alpha value is -3.68. The van der Waals surface area contributed by atoms with Gasteiger partial charge in [0.2, 0.25) is 17.8 Å². The molecule has 3 N–H and O–H groups in total. The minimum absolute atomic E-state index is 0.0499. The van der Waals surface area contributed by atoms with E-state index in [1.165, 1.54) is 12.1 Å². The minimum Gasteiger partial charge on any atom is -0.494 e. The van der Waals surface area contributed by atoms with Crippen LogP contribution in [0, 0.1) is 10.1 Å². The average Bonchev–Trinajstić information content (AvgIpc) is 3.17. The van der Waals surface area contributed by atoms with Crippen LogP contribution in [0.4, 0.5) is 23.3 Å². The molecular weight excluding hydrogens is 438 g/mol. The molecule has 0 saturated carbocycles. The number of anilines is 3. The molecule has 13 nitrogen and oxygen atoms in total. The summed E-state index contributed by atoms with van der Waals surface area (Å²) in [6, 6.07) is 4.28. The number of nitro groups is 1. The summed E-state index contributed by atoms with van der Waals surface area (Å²) in [5.41, 5.74) is -0.164. The predicted octanol–water partition coefficient (Wildman–Crippen LogP) is 2.42. The molecule has 0 unspecified atom stereocenters. The fraction of sp³-hybridized carbons (Fsp3) is 0.389. The molecular formula is C18H23N9O4S. The summed E-state index contributed by atoms with van der Waals surface area (Å²) >= 11 is 1.11. The van der Waals surface area contributed by atoms with Gasteiger partial charge in [-0.05, 0) is 32.9 Å². The third-order valence-corrected chi connectivity index (χ3v) is 4.93. The number of carbonyl (C=O) groups excluding carboxylic acids is 1. The van der Waals surface area contributed by atoms with E-state index in [0.717, 1.165) is 11.8 Å². The molecule has 0 spiro atoms. The number of nitro benzene ring substituents is 1. The Morgan fingerprint density at radius 2 is 1.97 bits per heavy atom. The van der Waals surface area contributed by atoms with Gasteiger partial charge < -0.3 is 20.7 Å². The fourth-order valence-electron chi connectivity index (χ4n) is 2.74. The van der Waals surface area contributed by atoms with Crippen LogP contribution < -0.4 is 20.7 Å². The number of ether oxygens (including phenoxy) is 1. The van der Waals surface area contributed by atoms with Crippen LogP contribution in [0.15, 0.2) is 23.4 Å². The number of carbonyl (C=O) groups is 1. The van der Waals surface area contributed by atoms with E-state index in [1.807, 2.05) is 13.8 Å². The van der Waals surface area contributed by atoms with Gasteiger partial charge in [0, 0.05) is 13.1 Å². The van der Waals surface area contributed by atoms with Gasteiger partial charge in [0.15, 0.2) is 5.16 Å². The molecule has 3 rings (SSSR count). The van der Waals surface area contributed by atoms with Crippen molar-refractivity contribution in [3.05, 3.63) is 28.3 Å². The first-order chi connectivity index (χ1) is 15.5. The van der Waals surface area contributed by atoms with Crippen molar-refractivity contribution in [2.24, 2.45) is 0 Å². The van der Waals surface area contributed by atoms with Crippen molar-refractivity contribution in [1.82, 2.24) is 24.6 Å². The molecule has 0 bridgehead atoms. The number of rotatable bonds is 11. The number of nitrogens with one attached hydrogen (secondary N) is 3. The number of amides is 1. The van der Waals surface area contributed by atoms with Gasteiger partial charge in [-0.3, -0.25) is 14.9 Å². The maximum atomic E-state index is 12.5. The van der Waals surface area contributed by atoms with Crippen molar-refractivity contribution in [2.75, 3.05) is 41.4 Å². The lowest BCUT2D eigenvalue weighted by Crippen LogP contribution is -2.16. The Kier molecular flexibility index (Phi) is 7.59. The first-order valence-electron chi connectivity index (χ1n) is 9.91. The van der Waals surface area contributed by atoms with E-state index in [1.54, 1.807) is 17.4 Å². The fourth-order valence-corrected chi connectivity index (χ4v) is 3.47. The van der Waals surface area contributed by atoms with Crippen LogP contribution in [-0.2, 0) is 4.79 Å². The molecule has 2 aromatic heterocycles. The summed E-state index contributed by atoms with van der Waals surface area (Å²) in [4.78, 5) is 32.0. The Balaban J connectivity index is 1.76. The Labute approximate surface area is 187 Å². The van der Waals surface area contributed by atoms with Crippen molar-refractivity contribution in [3.8, 4) is 5.75 Å². The molecule has 0 atom stereocenters. The number of hydrogen-bond donors (Lipinski definition) is 3. The van der Waals surface area contributed by atoms with Crippen molar-refractivity contribution in [1.29, 1.82) is 0 Å². The summed E-state index contributed by atoms with van der Waals surface area (Å²) in [7, 11) is 0. The lowest BCUT2D eigenvalue weighted by Gasteiger charge is -2.10. The van der Waals surface area contributed by atoms with Crippen LogP contribution in [0.1, 0.15) is 20.8 Å². The topological polar surface area (TPSA) is 162 Å². The van der Waals surface area contributed by atoms with E-state index >= 15 is 0 Å². The molecule has 14 heteroatoms. The van der Waals surface area contributed by atoms with Gasteiger partial charge in [0.1, 0.15) is 11.4 Å². The Morgan fingerprint density at radius 1 is 1.19 bits per heavy atom. The second kappa shape index (κ2) is 10.6. The van der Waals surface area contributed by atoms with Gasteiger partial charge in [0.25, 0.3) is 11.5 Å². The van der Waals surface area contributed by atoms with E-state index in [0.29, 0.717) is 48.3 Å². The van der Waals surface area contributed by atoms with Crippen molar-refractivity contribution < 1.29 is 14.5 Å². The average molecular weight is 462 g/mol. The smallest absolute Gasteiger partial charge is 0.296 e. The van der Waals surface area contributed by atoms with Gasteiger partial charge in [-0.1, -0.05) is 11.8 Å². The molecule has 0 fully saturated rings. The predicted molar refractivity (Wildman–Crippen MR) is 121 cm³/mol. The molecule has 0 aliphatic carbocycles. The van der Waals surface area contributed by atoms with Crippen LogP contribution in [0.3, 0.4) is 0 Å². The standard InChI is InChI=1S/C18H23N9O4S/c1-4-19-15-22-16(20-5-2)26-17(23-15)24-25-18(26)32-10-14(28)21-12-8-7-11(31-6-3)9-13(12)27(29)30/h7-9H,4-6,10H2,1-3H3,(H,21,28)(H2,19,20,22,23,24). The molecule has 32 heavy (non-hydrogen) atoms. The van der Waals surface area contributed by atoms with Crippen LogP contribution in [0.25, 0.3) is 5.78 Å². The van der Waals surface area contributed by atoms with Crippen LogP contribution >= 0.6 is 11.8 Å². The Bertz CT molecular complexity index is 1120. The van der Waals surface area contributed by atoms with Crippen molar-refractivity contribution in [2.45, 2.75) is 25.9 Å². The van der Waals surface area contributed by atoms with Crippen molar-refractivity contribution >= 4 is 46.7 Å². The third kappa shape index (κ3) is 5.32. The maximum absolute atomic E-state index is 12.5. The zero-order valence-corrected chi connectivity index (χ0v) is 18.6. The molecule has 0 aliphatic rings. The van der Waals surface area contributed by atoms with Crippen LogP contribution in [0.5, 0.6) is 5.75 Å². The molecule has 1 aromatic carbocycles. The highest BCUT2D eigenvalue weighted by atomic mass is 32.2. The van der Waals surface area contributed by atoms with Crippen LogP contribution in [-0.4, -0.2) is 60.8 Å². The van der Waals surface area contributed by atoms with Gasteiger partial charge in [-0.25, -0.2) is 4.40 Å². The van der Waals surface area contributed by atoms with E-state index in [4.69, 9.17) is 4.74 Å². The second-order valence-electron chi connectivity index (χ2n) is 6.26. The number of thioether (sulfide) groups is 1. The Morgan fingerprint density at radius 3 is 2.66 bits per heavy atom. The summed E-state index contributed by atoms with van der Waals surface area (Å²) in [5, 5.41) is 28.7. The van der Waals surface area contributed by atoms with Gasteiger partial charge >= 0.3 is 0 Å². The molecule has 170 valence electrons. The van der Waals surface area contributed by atoms with Gasteiger partial charge in [0.05, 0.1) is 23.3 Å². The molecule has 0 saturated heterocycles. The first kappa shape index (κ1) is 23.0. The minimum atomic E-state index is -0.570. The molecule has 3 aromatic rings. The highest BCUT2D eigenvalue weighted by Crippen LogP contribution is 2.29. The second-order valence-corrected chi connectivity index (χ2v) is 7.20. The molecule has 2 heterocycles. The van der Waals surface area contributed by atoms with E-state index < -0.39 is 10.8 Å². The summed E-state index contributed by atoms with van der Waals surface area (Å²) in [6.07, 6.45) is 0. The summed E-state index contributed by atoms with van der Waals surface area (Å²) in [6.45, 7) is 7.27. The third-order valence-electron chi connectivity index (χ3n) is 4.00. The normalized spacial score (nSPS) is 10.7. The zero-order valence-electron chi connectivity index (χ0n) is 17.8. The number of hydrogen-bond acceptors (Lipinski definition) is 11. The van der Waals surface area contributed by atoms with Gasteiger partial charge in [-0.2, -0.15) is 9.97 Å². The largest absolute Gasteiger partial charge is 0.494 e. The summed E-state index contributed by atoms with van der Waals surface area (Å²) in [5.74, 6) is 1.11. The monoisotopic (exact) mass is 461 g/mol. The molecule has 0 aliphatic heterocycles. The highest BCUT2D eigenvalue weighted by molar-refractivity contribution is 7.99. The quantitative estimate of drug-likeness (QED) is 0.218. The molecule has 0 radical (unpaired) electrons. The number of fused-ring (bicyclic) bond motifs is 1. The van der Waals surface area contributed by atoms with Gasteiger partial charge in [-0.15, -0.1) is 10.2 Å². The van der Waals surface area contributed by atoms with E-state index in [9.17, 15) is 14.9 Å². The zero-order chi connectivity index (χ0) is 23.1. The first-order valence-corrected chi connectivity index (χ1v) is 10.9. The maximum Gasteiger partial charge on any atom is 0.296 e. The van der Waals surface area contributed by atoms with Crippen molar-refractivity contribution in [3.63, 3.8) is 0 Å². The highest BCUT2D eigenvalue weighted by Gasteiger charge is 2.19. The number of aromatic nitrogens is 5. The SMILES string of the molecule is CCNc1nc(NCC)n2c(SCC(=O)Nc3ccc(OCC)cc3[N+](=O)[O-])nnc2n1. The number of benzene rings is 1. The summed E-state index contributed by atoms with van der Waals surface area (Å²) < 4.78 is 6.90. The lowest BCUT2D eigenvalue weighted by atomic mass is 10.2. The lowest BCUT2D eigenvalue weighted by molar-refractivity contribution is -0.384. The van der Waals surface area contributed by atoms with Crippen LogP contribution in [0.2, 0.25) is 0 Å². The van der Waals surface area contributed by atoms with E-state index in [2.05, 4.69) is 36.1 Å².